The van der Waals surface area contributed by atoms with Crippen LogP contribution >= 0.6 is 0 Å². The van der Waals surface area contributed by atoms with E-state index in [0.717, 1.165) is 54.8 Å². The molecular weight excluding hydrogens is 408 g/mol. The summed E-state index contributed by atoms with van der Waals surface area (Å²) in [6.07, 6.45) is 5.41. The van der Waals surface area contributed by atoms with Crippen LogP contribution in [0.5, 0.6) is 0 Å². The molecule has 0 bridgehead atoms. The average Bonchev–Trinajstić information content (AvgIpc) is 3.21. The molecule has 33 heavy (non-hydrogen) atoms. The summed E-state index contributed by atoms with van der Waals surface area (Å²) >= 11 is 0. The van der Waals surface area contributed by atoms with E-state index in [1.54, 1.807) is 0 Å². The summed E-state index contributed by atoms with van der Waals surface area (Å²) in [5.41, 5.74) is 6.89. The number of nitrogens with zero attached hydrogens (tertiary/aromatic N) is 3. The fraction of sp³-hybridized carbons (Fsp3) is 0.464. The Balaban J connectivity index is 1.83. The summed E-state index contributed by atoms with van der Waals surface area (Å²) in [6, 6.07) is 15.1. The molecule has 1 aliphatic carbocycles. The number of benzene rings is 2. The zero-order valence-corrected chi connectivity index (χ0v) is 20.4. The number of amidine groups is 1. The van der Waals surface area contributed by atoms with Crippen molar-refractivity contribution >= 4 is 11.5 Å². The topological polar surface area (TPSA) is 69.8 Å². The predicted octanol–water partition coefficient (Wildman–Crippen LogP) is 5.55. The van der Waals surface area contributed by atoms with Crippen molar-refractivity contribution in [1.82, 2.24) is 5.32 Å². The van der Waals surface area contributed by atoms with E-state index >= 15 is 0 Å². The highest BCUT2D eigenvalue weighted by Gasteiger charge is 2.47. The lowest BCUT2D eigenvalue weighted by atomic mass is 9.74. The molecule has 2 aliphatic rings. The molecule has 0 amide bonds. The van der Waals surface area contributed by atoms with Crippen LogP contribution in [0, 0.1) is 24.2 Å². The smallest absolute Gasteiger partial charge is 0.160 e. The van der Waals surface area contributed by atoms with Crippen molar-refractivity contribution in [2.24, 2.45) is 15.9 Å². The molecule has 0 spiro atoms. The normalized spacial score (nSPS) is 26.1. The zero-order chi connectivity index (χ0) is 23.6. The van der Waals surface area contributed by atoms with Crippen LogP contribution in [0.1, 0.15) is 61.8 Å². The Labute approximate surface area is 197 Å². The van der Waals surface area contributed by atoms with E-state index in [9.17, 15) is 5.26 Å². The number of nitriles is 1. The third-order valence-electron chi connectivity index (χ3n) is 7.33. The van der Waals surface area contributed by atoms with Gasteiger partial charge in [0.25, 0.3) is 0 Å². The molecule has 1 saturated carbocycles. The first-order valence-corrected chi connectivity index (χ1v) is 11.9. The monoisotopic (exact) mass is 442 g/mol. The molecule has 1 atom stereocenters. The minimum atomic E-state index is -0.530. The standard InChI is InChI=1S/C28H34N4O/c1-6-20-13-21(17-29)15-23(14-20)22-8-7-18(2)26(16-22)28(31-19(3)27(30-4)32-28)24-9-11-25(33-5)12-10-24/h7-8,13-16,24-25H,6,9-12H2,1-5H3,(H,30,32). The Kier molecular flexibility index (Phi) is 6.67. The van der Waals surface area contributed by atoms with Gasteiger partial charge in [-0.1, -0.05) is 25.1 Å². The first-order valence-electron chi connectivity index (χ1n) is 11.9. The second-order valence-corrected chi connectivity index (χ2v) is 9.28. The number of hydrogen-bond donors (Lipinski definition) is 1. The molecule has 5 heteroatoms. The van der Waals surface area contributed by atoms with Crippen LogP contribution in [0.3, 0.4) is 0 Å². The first kappa shape index (κ1) is 23.2. The molecule has 1 aliphatic heterocycles. The number of aryl methyl sites for hydroxylation is 2. The van der Waals surface area contributed by atoms with E-state index < -0.39 is 5.66 Å². The molecule has 2 aromatic carbocycles. The van der Waals surface area contributed by atoms with Crippen LogP contribution in [0.4, 0.5) is 0 Å². The van der Waals surface area contributed by atoms with Crippen molar-refractivity contribution < 1.29 is 4.74 Å². The van der Waals surface area contributed by atoms with Gasteiger partial charge in [0, 0.05) is 25.6 Å². The van der Waals surface area contributed by atoms with Gasteiger partial charge in [-0.2, -0.15) is 5.26 Å². The average molecular weight is 443 g/mol. The van der Waals surface area contributed by atoms with Gasteiger partial charge in [0.2, 0.25) is 0 Å². The van der Waals surface area contributed by atoms with E-state index in [-0.39, 0.29) is 0 Å². The summed E-state index contributed by atoms with van der Waals surface area (Å²) in [5.74, 6) is 1.22. The SMILES string of the molecule is CCc1cc(C#N)cc(-c2ccc(C)c(C3(C4CCC(OC)CC4)N=C(C)C(=NC)N3)c2)c1. The first-order chi connectivity index (χ1) is 15.9. The van der Waals surface area contributed by atoms with Gasteiger partial charge in [-0.05, 0) is 86.4 Å². The molecule has 1 N–H and O–H groups in total. The molecule has 1 fully saturated rings. The maximum Gasteiger partial charge on any atom is 0.160 e. The van der Waals surface area contributed by atoms with Crippen LogP contribution in [0.15, 0.2) is 46.4 Å². The molecule has 1 heterocycles. The summed E-state index contributed by atoms with van der Waals surface area (Å²) < 4.78 is 5.64. The van der Waals surface area contributed by atoms with E-state index in [0.29, 0.717) is 17.6 Å². The zero-order valence-electron chi connectivity index (χ0n) is 20.4. The third kappa shape index (κ3) is 4.32. The molecule has 5 nitrogen and oxygen atoms in total. The van der Waals surface area contributed by atoms with Crippen LogP contribution in [-0.4, -0.2) is 31.8 Å². The van der Waals surface area contributed by atoms with Crippen LogP contribution in [0.2, 0.25) is 0 Å². The lowest BCUT2D eigenvalue weighted by Gasteiger charge is -2.40. The Morgan fingerprint density at radius 1 is 1.12 bits per heavy atom. The molecule has 0 aromatic heterocycles. The molecule has 4 rings (SSSR count). The van der Waals surface area contributed by atoms with Gasteiger partial charge in [0.15, 0.2) is 5.66 Å². The van der Waals surface area contributed by atoms with Crippen LogP contribution in [-0.2, 0) is 16.8 Å². The van der Waals surface area contributed by atoms with Crippen LogP contribution < -0.4 is 5.32 Å². The van der Waals surface area contributed by atoms with Crippen molar-refractivity contribution in [3.05, 3.63) is 58.7 Å². The van der Waals surface area contributed by atoms with Gasteiger partial charge in [-0.25, -0.2) is 0 Å². The van der Waals surface area contributed by atoms with Crippen molar-refractivity contribution in [3.63, 3.8) is 0 Å². The minimum Gasteiger partial charge on any atom is -0.381 e. The van der Waals surface area contributed by atoms with E-state index in [1.165, 1.54) is 16.7 Å². The van der Waals surface area contributed by atoms with Gasteiger partial charge in [-0.3, -0.25) is 9.98 Å². The summed E-state index contributed by atoms with van der Waals surface area (Å²) in [5, 5.41) is 13.3. The number of rotatable bonds is 5. The van der Waals surface area contributed by atoms with Gasteiger partial charge >= 0.3 is 0 Å². The lowest BCUT2D eigenvalue weighted by molar-refractivity contribution is 0.0395. The summed E-state index contributed by atoms with van der Waals surface area (Å²) in [4.78, 5) is 9.75. The van der Waals surface area contributed by atoms with Crippen molar-refractivity contribution in [1.29, 1.82) is 5.26 Å². The highest BCUT2D eigenvalue weighted by Crippen LogP contribution is 2.45. The van der Waals surface area contributed by atoms with Crippen LogP contribution in [0.25, 0.3) is 11.1 Å². The quantitative estimate of drug-likeness (QED) is 0.660. The fourth-order valence-electron chi connectivity index (χ4n) is 5.43. The minimum absolute atomic E-state index is 0.331. The maximum atomic E-state index is 9.54. The maximum absolute atomic E-state index is 9.54. The predicted molar refractivity (Wildman–Crippen MR) is 135 cm³/mol. The van der Waals surface area contributed by atoms with E-state index in [1.807, 2.05) is 33.2 Å². The lowest BCUT2D eigenvalue weighted by Crippen LogP contribution is -2.48. The molecule has 0 saturated heterocycles. The number of ether oxygens (including phenoxy) is 1. The Bertz CT molecular complexity index is 1140. The number of aliphatic imine (C=N–C) groups is 2. The Hall–Kier alpha value is -2.97. The summed E-state index contributed by atoms with van der Waals surface area (Å²) in [7, 11) is 3.63. The molecular formula is C28H34N4O. The van der Waals surface area contributed by atoms with Crippen molar-refractivity contribution in [3.8, 4) is 17.2 Å². The van der Waals surface area contributed by atoms with Gasteiger partial charge < -0.3 is 10.1 Å². The van der Waals surface area contributed by atoms with Gasteiger partial charge in [-0.15, -0.1) is 0 Å². The Morgan fingerprint density at radius 2 is 1.88 bits per heavy atom. The van der Waals surface area contributed by atoms with E-state index in [4.69, 9.17) is 9.73 Å². The number of methoxy groups -OCH3 is 1. The molecule has 2 aromatic rings. The van der Waals surface area contributed by atoms with Crippen molar-refractivity contribution in [2.45, 2.75) is 64.6 Å². The Morgan fingerprint density at radius 3 is 2.48 bits per heavy atom. The van der Waals surface area contributed by atoms with Gasteiger partial charge in [0.1, 0.15) is 5.84 Å². The number of nitrogens with one attached hydrogen (secondary N) is 1. The molecule has 1 unspecified atom stereocenters. The fourth-order valence-corrected chi connectivity index (χ4v) is 5.43. The van der Waals surface area contributed by atoms with Crippen molar-refractivity contribution in [2.75, 3.05) is 14.2 Å². The second kappa shape index (κ2) is 9.49. The molecule has 172 valence electrons. The largest absolute Gasteiger partial charge is 0.381 e. The third-order valence-corrected chi connectivity index (χ3v) is 7.33. The molecule has 0 radical (unpaired) electrons. The summed E-state index contributed by atoms with van der Waals surface area (Å²) in [6.45, 7) is 6.33. The highest BCUT2D eigenvalue weighted by atomic mass is 16.5. The van der Waals surface area contributed by atoms with Gasteiger partial charge in [0.05, 0.1) is 23.4 Å². The van der Waals surface area contributed by atoms with E-state index in [2.05, 4.69) is 54.5 Å². The second-order valence-electron chi connectivity index (χ2n) is 9.28. The highest BCUT2D eigenvalue weighted by molar-refractivity contribution is 6.42. The number of hydrogen-bond acceptors (Lipinski definition) is 4.